The minimum absolute atomic E-state index is 0.227. The summed E-state index contributed by atoms with van der Waals surface area (Å²) in [6.45, 7) is 1.87. The molecule has 2 nitrogen and oxygen atoms in total. The van der Waals surface area contributed by atoms with E-state index in [-0.39, 0.29) is 6.10 Å². The van der Waals surface area contributed by atoms with Crippen LogP contribution in [0.3, 0.4) is 0 Å². The second kappa shape index (κ2) is 2.71. The van der Waals surface area contributed by atoms with Crippen LogP contribution in [0.15, 0.2) is 10.9 Å². The van der Waals surface area contributed by atoms with Crippen LogP contribution in [-0.4, -0.2) is 24.0 Å². The molecule has 0 spiro atoms. The normalized spacial score (nSPS) is 41.7. The van der Waals surface area contributed by atoms with E-state index in [1.807, 2.05) is 6.66 Å². The van der Waals surface area contributed by atoms with Gasteiger partial charge in [-0.3, -0.25) is 0 Å². The van der Waals surface area contributed by atoms with Crippen molar-refractivity contribution >= 4 is 7.14 Å². The third kappa shape index (κ3) is 1.27. The molecule has 68 valence electrons. The molecule has 12 heavy (non-hydrogen) atoms. The zero-order valence-electron chi connectivity index (χ0n) is 7.42. The van der Waals surface area contributed by atoms with Crippen LogP contribution in [0.5, 0.6) is 0 Å². The Morgan fingerprint density at radius 3 is 3.00 bits per heavy atom. The van der Waals surface area contributed by atoms with Crippen molar-refractivity contribution in [3.05, 3.63) is 10.9 Å². The summed E-state index contributed by atoms with van der Waals surface area (Å²) in [5.74, 6) is 0. The average molecular weight is 186 g/mol. The van der Waals surface area contributed by atoms with Gasteiger partial charge in [0.05, 0.1) is 6.10 Å². The van der Waals surface area contributed by atoms with Crippen LogP contribution >= 0.6 is 7.14 Å². The second-order valence-corrected chi connectivity index (χ2v) is 7.21. The molecule has 1 aliphatic heterocycles. The molecule has 0 saturated heterocycles. The van der Waals surface area contributed by atoms with Crippen molar-refractivity contribution in [2.45, 2.75) is 31.8 Å². The Labute approximate surface area is 73.0 Å². The van der Waals surface area contributed by atoms with Crippen molar-refractivity contribution in [1.29, 1.82) is 0 Å². The van der Waals surface area contributed by atoms with Gasteiger partial charge in [0.15, 0.2) is 0 Å². The zero-order valence-corrected chi connectivity index (χ0v) is 8.31. The van der Waals surface area contributed by atoms with Gasteiger partial charge >= 0.3 is 0 Å². The molecule has 2 unspecified atom stereocenters. The van der Waals surface area contributed by atoms with Crippen molar-refractivity contribution in [3.63, 3.8) is 0 Å². The lowest BCUT2D eigenvalue weighted by Crippen LogP contribution is -2.12. The molecule has 2 atom stereocenters. The van der Waals surface area contributed by atoms with E-state index in [4.69, 9.17) is 0 Å². The SMILES string of the molecule is CP1(=O)CCC2=C1CC(O)CC2. The summed E-state index contributed by atoms with van der Waals surface area (Å²) in [5.41, 5.74) is 1.39. The molecule has 0 radical (unpaired) electrons. The van der Waals surface area contributed by atoms with Crippen molar-refractivity contribution in [1.82, 2.24) is 0 Å². The molecule has 0 bridgehead atoms. The van der Waals surface area contributed by atoms with Gasteiger partial charge in [0.1, 0.15) is 7.14 Å². The fourth-order valence-corrected chi connectivity index (χ4v) is 4.69. The van der Waals surface area contributed by atoms with Gasteiger partial charge in [0.25, 0.3) is 0 Å². The Hall–Kier alpha value is -0.0700. The van der Waals surface area contributed by atoms with Gasteiger partial charge in [-0.25, -0.2) is 0 Å². The van der Waals surface area contributed by atoms with Crippen LogP contribution in [0.4, 0.5) is 0 Å². The summed E-state index contributed by atoms with van der Waals surface area (Å²) in [6.07, 6.45) is 4.19. The average Bonchev–Trinajstić information content (AvgIpc) is 2.28. The number of aliphatic hydroxyl groups excluding tert-OH is 1. The van der Waals surface area contributed by atoms with E-state index in [2.05, 4.69) is 0 Å². The monoisotopic (exact) mass is 186 g/mol. The summed E-state index contributed by atoms with van der Waals surface area (Å²) in [5, 5.41) is 10.6. The van der Waals surface area contributed by atoms with Crippen molar-refractivity contribution in [3.8, 4) is 0 Å². The van der Waals surface area contributed by atoms with Gasteiger partial charge in [-0.2, -0.15) is 0 Å². The van der Waals surface area contributed by atoms with E-state index < -0.39 is 7.14 Å². The van der Waals surface area contributed by atoms with Gasteiger partial charge in [-0.05, 0) is 31.2 Å². The molecule has 3 heteroatoms. The molecule has 1 aliphatic carbocycles. The smallest absolute Gasteiger partial charge is 0.109 e. The van der Waals surface area contributed by atoms with Crippen molar-refractivity contribution in [2.75, 3.05) is 12.8 Å². The minimum Gasteiger partial charge on any atom is -0.393 e. The molecule has 0 fully saturated rings. The maximum Gasteiger partial charge on any atom is 0.109 e. The van der Waals surface area contributed by atoms with Crippen molar-refractivity contribution < 1.29 is 9.67 Å². The molecule has 0 aromatic rings. The highest BCUT2D eigenvalue weighted by molar-refractivity contribution is 7.67. The quantitative estimate of drug-likeness (QED) is 0.589. The highest BCUT2D eigenvalue weighted by Crippen LogP contribution is 2.61. The van der Waals surface area contributed by atoms with Crippen LogP contribution in [0.2, 0.25) is 0 Å². The standard InChI is InChI=1S/C9H15O2P/c1-12(11)5-4-7-2-3-8(10)6-9(7)12/h8,10H,2-6H2,1H3. The number of hydrogen-bond acceptors (Lipinski definition) is 2. The number of rotatable bonds is 0. The summed E-state index contributed by atoms with van der Waals surface area (Å²) in [4.78, 5) is 0. The first kappa shape index (κ1) is 8.52. The van der Waals surface area contributed by atoms with E-state index in [0.29, 0.717) is 6.42 Å². The van der Waals surface area contributed by atoms with Crippen LogP contribution in [-0.2, 0) is 4.57 Å². The molecule has 2 aliphatic rings. The highest BCUT2D eigenvalue weighted by atomic mass is 31.2. The lowest BCUT2D eigenvalue weighted by atomic mass is 9.96. The zero-order chi connectivity index (χ0) is 8.77. The Morgan fingerprint density at radius 2 is 2.25 bits per heavy atom. The van der Waals surface area contributed by atoms with Crippen LogP contribution in [0.1, 0.15) is 25.7 Å². The van der Waals surface area contributed by atoms with E-state index >= 15 is 0 Å². The number of allylic oxidation sites excluding steroid dienone is 1. The summed E-state index contributed by atoms with van der Waals surface area (Å²) >= 11 is 0. The maximum absolute atomic E-state index is 12.0. The Kier molecular flexibility index (Phi) is 1.93. The molecular formula is C9H15O2P. The van der Waals surface area contributed by atoms with Crippen LogP contribution in [0.25, 0.3) is 0 Å². The second-order valence-electron chi connectivity index (χ2n) is 4.02. The summed E-state index contributed by atoms with van der Waals surface area (Å²) < 4.78 is 12.0. The maximum atomic E-state index is 12.0. The predicted octanol–water partition coefficient (Wildman–Crippen LogP) is 2.18. The molecule has 0 saturated carbocycles. The molecule has 0 aromatic heterocycles. The van der Waals surface area contributed by atoms with Gasteiger partial charge in [-0.15, -0.1) is 0 Å². The Balaban J connectivity index is 2.32. The van der Waals surface area contributed by atoms with Gasteiger partial charge in [-0.1, -0.05) is 5.57 Å². The molecule has 0 amide bonds. The van der Waals surface area contributed by atoms with Gasteiger partial charge in [0, 0.05) is 12.6 Å². The lowest BCUT2D eigenvalue weighted by Gasteiger charge is -2.21. The fraction of sp³-hybridized carbons (Fsp3) is 0.778. The molecule has 1 heterocycles. The minimum atomic E-state index is -1.99. The van der Waals surface area contributed by atoms with E-state index in [1.165, 1.54) is 5.57 Å². The topological polar surface area (TPSA) is 37.3 Å². The largest absolute Gasteiger partial charge is 0.393 e. The Bertz CT molecular complexity index is 280. The van der Waals surface area contributed by atoms with Crippen LogP contribution in [0, 0.1) is 0 Å². The van der Waals surface area contributed by atoms with Crippen molar-refractivity contribution in [2.24, 2.45) is 0 Å². The third-order valence-electron chi connectivity index (χ3n) is 3.03. The van der Waals surface area contributed by atoms with E-state index in [9.17, 15) is 9.67 Å². The molecule has 2 rings (SSSR count). The third-order valence-corrected chi connectivity index (χ3v) is 5.75. The fourth-order valence-electron chi connectivity index (χ4n) is 2.23. The van der Waals surface area contributed by atoms with Crippen LogP contribution < -0.4 is 0 Å². The van der Waals surface area contributed by atoms with Gasteiger partial charge < -0.3 is 9.67 Å². The first-order valence-corrected chi connectivity index (χ1v) is 6.89. The predicted molar refractivity (Wildman–Crippen MR) is 49.9 cm³/mol. The molecule has 0 aromatic carbocycles. The first-order chi connectivity index (χ1) is 5.59. The first-order valence-electron chi connectivity index (χ1n) is 4.55. The van der Waals surface area contributed by atoms with E-state index in [0.717, 1.165) is 30.7 Å². The highest BCUT2D eigenvalue weighted by Gasteiger charge is 2.34. The Morgan fingerprint density at radius 1 is 1.50 bits per heavy atom. The number of aliphatic hydroxyl groups is 1. The summed E-state index contributed by atoms with van der Waals surface area (Å²) in [6, 6.07) is 0. The van der Waals surface area contributed by atoms with E-state index in [1.54, 1.807) is 0 Å². The molecular weight excluding hydrogens is 171 g/mol. The molecule has 1 N–H and O–H groups in total. The lowest BCUT2D eigenvalue weighted by molar-refractivity contribution is 0.161. The number of hydrogen-bond donors (Lipinski definition) is 1. The summed E-state index contributed by atoms with van der Waals surface area (Å²) in [7, 11) is -1.99. The van der Waals surface area contributed by atoms with Gasteiger partial charge in [0.2, 0.25) is 0 Å².